The number of hydrogen-bond acceptors (Lipinski definition) is 2. The van der Waals surface area contributed by atoms with Gasteiger partial charge in [0.25, 0.3) is 5.91 Å². The van der Waals surface area contributed by atoms with Gasteiger partial charge in [-0.3, -0.25) is 4.79 Å². The molecule has 0 saturated carbocycles. The summed E-state index contributed by atoms with van der Waals surface area (Å²) in [6.07, 6.45) is 1.03. The third-order valence-electron chi connectivity index (χ3n) is 3.91. The Hall–Kier alpha value is -2.62. The first kappa shape index (κ1) is 16.2. The van der Waals surface area contributed by atoms with E-state index in [0.29, 0.717) is 5.56 Å². The average molecular weight is 321 g/mol. The third-order valence-corrected chi connectivity index (χ3v) is 3.91. The standard InChI is InChI=1S/C20H23N3O/c1-4-12-23-18-11-10-16(20(24)21-14(2)3)13-17(18)22-19(23)15-8-6-5-7-9-15/h5-11,13-14H,4,12H2,1-3H3,(H,21,24). The SMILES string of the molecule is CCCn1c(-c2ccccc2)nc2cc(C(=O)NC(C)C)ccc21. The molecule has 4 nitrogen and oxygen atoms in total. The third kappa shape index (κ3) is 3.18. The zero-order valence-electron chi connectivity index (χ0n) is 14.4. The lowest BCUT2D eigenvalue weighted by Crippen LogP contribution is -2.29. The lowest BCUT2D eigenvalue weighted by molar-refractivity contribution is 0.0943. The highest BCUT2D eigenvalue weighted by atomic mass is 16.1. The molecule has 1 heterocycles. The second kappa shape index (κ2) is 6.87. The van der Waals surface area contributed by atoms with Gasteiger partial charge in [0.15, 0.2) is 0 Å². The summed E-state index contributed by atoms with van der Waals surface area (Å²) in [5.74, 6) is 0.895. The zero-order chi connectivity index (χ0) is 17.1. The molecule has 0 radical (unpaired) electrons. The van der Waals surface area contributed by atoms with Gasteiger partial charge in [0, 0.05) is 23.7 Å². The van der Waals surface area contributed by atoms with Crippen molar-refractivity contribution in [1.82, 2.24) is 14.9 Å². The number of rotatable bonds is 5. The van der Waals surface area contributed by atoms with Crippen LogP contribution in [0.1, 0.15) is 37.6 Å². The Bertz CT molecular complexity index is 850. The molecule has 1 amide bonds. The van der Waals surface area contributed by atoms with E-state index in [1.54, 1.807) is 0 Å². The summed E-state index contributed by atoms with van der Waals surface area (Å²) in [4.78, 5) is 17.0. The second-order valence-electron chi connectivity index (χ2n) is 6.28. The van der Waals surface area contributed by atoms with Crippen LogP contribution in [0, 0.1) is 0 Å². The van der Waals surface area contributed by atoms with Crippen LogP contribution in [0.25, 0.3) is 22.4 Å². The van der Waals surface area contributed by atoms with Gasteiger partial charge in [-0.1, -0.05) is 37.3 Å². The van der Waals surface area contributed by atoms with Crippen molar-refractivity contribution in [2.45, 2.75) is 39.8 Å². The topological polar surface area (TPSA) is 46.9 Å². The smallest absolute Gasteiger partial charge is 0.251 e. The van der Waals surface area contributed by atoms with Gasteiger partial charge in [-0.25, -0.2) is 4.98 Å². The number of hydrogen-bond donors (Lipinski definition) is 1. The second-order valence-corrected chi connectivity index (χ2v) is 6.28. The monoisotopic (exact) mass is 321 g/mol. The lowest BCUT2D eigenvalue weighted by atomic mass is 10.1. The minimum absolute atomic E-state index is 0.0572. The van der Waals surface area contributed by atoms with Crippen molar-refractivity contribution in [3.63, 3.8) is 0 Å². The van der Waals surface area contributed by atoms with Crippen LogP contribution in [0.2, 0.25) is 0 Å². The van der Waals surface area contributed by atoms with E-state index in [1.807, 2.05) is 50.2 Å². The zero-order valence-corrected chi connectivity index (χ0v) is 14.4. The van der Waals surface area contributed by atoms with Crippen molar-refractivity contribution in [3.05, 3.63) is 54.1 Å². The van der Waals surface area contributed by atoms with Crippen molar-refractivity contribution in [3.8, 4) is 11.4 Å². The molecule has 1 N–H and O–H groups in total. The molecule has 0 atom stereocenters. The first-order valence-corrected chi connectivity index (χ1v) is 8.46. The molecule has 0 bridgehead atoms. The Kier molecular flexibility index (Phi) is 4.65. The van der Waals surface area contributed by atoms with Crippen LogP contribution < -0.4 is 5.32 Å². The largest absolute Gasteiger partial charge is 0.350 e. The maximum atomic E-state index is 12.2. The molecule has 3 aromatic rings. The van der Waals surface area contributed by atoms with Gasteiger partial charge >= 0.3 is 0 Å². The van der Waals surface area contributed by atoms with E-state index in [4.69, 9.17) is 4.98 Å². The van der Waals surface area contributed by atoms with Crippen LogP contribution in [0.5, 0.6) is 0 Å². The summed E-state index contributed by atoms with van der Waals surface area (Å²) in [7, 11) is 0. The Labute approximate surface area is 142 Å². The maximum Gasteiger partial charge on any atom is 0.251 e. The van der Waals surface area contributed by atoms with Crippen LogP contribution in [0.4, 0.5) is 0 Å². The molecule has 2 aromatic carbocycles. The van der Waals surface area contributed by atoms with Gasteiger partial charge in [0.1, 0.15) is 5.82 Å². The summed E-state index contributed by atoms with van der Waals surface area (Å²) < 4.78 is 2.23. The summed E-state index contributed by atoms with van der Waals surface area (Å²) >= 11 is 0. The summed E-state index contributed by atoms with van der Waals surface area (Å²) in [5.41, 5.74) is 3.67. The fourth-order valence-electron chi connectivity index (χ4n) is 2.87. The molecule has 0 spiro atoms. The molecule has 0 aliphatic carbocycles. The number of imidazole rings is 1. The maximum absolute atomic E-state index is 12.2. The first-order chi connectivity index (χ1) is 11.6. The van der Waals surface area contributed by atoms with Crippen molar-refractivity contribution < 1.29 is 4.79 Å². The lowest BCUT2D eigenvalue weighted by Gasteiger charge is -2.09. The van der Waals surface area contributed by atoms with E-state index in [-0.39, 0.29) is 11.9 Å². The molecule has 0 fully saturated rings. The molecule has 0 aliphatic rings. The number of aromatic nitrogens is 2. The normalized spacial score (nSPS) is 11.2. The van der Waals surface area contributed by atoms with E-state index in [1.165, 1.54) is 0 Å². The van der Waals surface area contributed by atoms with Crippen LogP contribution >= 0.6 is 0 Å². The van der Waals surface area contributed by atoms with E-state index in [2.05, 4.69) is 28.9 Å². The van der Waals surface area contributed by atoms with E-state index < -0.39 is 0 Å². The van der Waals surface area contributed by atoms with Gasteiger partial charge in [0.2, 0.25) is 0 Å². The van der Waals surface area contributed by atoms with Crippen molar-refractivity contribution in [2.24, 2.45) is 0 Å². The first-order valence-electron chi connectivity index (χ1n) is 8.46. The number of benzene rings is 2. The van der Waals surface area contributed by atoms with Gasteiger partial charge in [-0.2, -0.15) is 0 Å². The molecule has 0 saturated heterocycles. The molecule has 1 aromatic heterocycles. The van der Waals surface area contributed by atoms with Crippen LogP contribution in [0.15, 0.2) is 48.5 Å². The molecule has 0 aliphatic heterocycles. The van der Waals surface area contributed by atoms with E-state index >= 15 is 0 Å². The number of nitrogens with one attached hydrogen (secondary N) is 1. The molecular weight excluding hydrogens is 298 g/mol. The Balaban J connectivity index is 2.09. The predicted octanol–water partition coefficient (Wildman–Crippen LogP) is 4.25. The summed E-state index contributed by atoms with van der Waals surface area (Å²) in [6.45, 7) is 6.98. The highest BCUT2D eigenvalue weighted by Crippen LogP contribution is 2.26. The number of nitrogens with zero attached hydrogens (tertiary/aromatic N) is 2. The van der Waals surface area contributed by atoms with Gasteiger partial charge < -0.3 is 9.88 Å². The molecular formula is C20H23N3O. The summed E-state index contributed by atoms with van der Waals surface area (Å²) in [5, 5.41) is 2.93. The number of carbonyl (C=O) groups excluding carboxylic acids is 1. The molecule has 0 unspecified atom stereocenters. The molecule has 4 heteroatoms. The Morgan fingerprint density at radius 1 is 1.17 bits per heavy atom. The van der Waals surface area contributed by atoms with Crippen LogP contribution in [-0.4, -0.2) is 21.5 Å². The highest BCUT2D eigenvalue weighted by molar-refractivity contribution is 5.98. The van der Waals surface area contributed by atoms with Crippen molar-refractivity contribution in [1.29, 1.82) is 0 Å². The Morgan fingerprint density at radius 2 is 1.92 bits per heavy atom. The van der Waals surface area contributed by atoms with Crippen molar-refractivity contribution in [2.75, 3.05) is 0 Å². The molecule has 124 valence electrons. The fourth-order valence-corrected chi connectivity index (χ4v) is 2.87. The van der Waals surface area contributed by atoms with Gasteiger partial charge in [-0.05, 0) is 38.5 Å². The minimum atomic E-state index is -0.0572. The minimum Gasteiger partial charge on any atom is -0.350 e. The number of amides is 1. The summed E-state index contributed by atoms with van der Waals surface area (Å²) in [6, 6.07) is 16.1. The van der Waals surface area contributed by atoms with Crippen LogP contribution in [0.3, 0.4) is 0 Å². The Morgan fingerprint density at radius 3 is 2.58 bits per heavy atom. The molecule has 3 rings (SSSR count). The highest BCUT2D eigenvalue weighted by Gasteiger charge is 2.14. The predicted molar refractivity (Wildman–Crippen MR) is 98.1 cm³/mol. The number of carbonyl (C=O) groups is 1. The van der Waals surface area contributed by atoms with Gasteiger partial charge in [-0.15, -0.1) is 0 Å². The average Bonchev–Trinajstić information content (AvgIpc) is 2.93. The number of aryl methyl sites for hydroxylation is 1. The van der Waals surface area contributed by atoms with E-state index in [0.717, 1.165) is 35.4 Å². The van der Waals surface area contributed by atoms with Crippen LogP contribution in [-0.2, 0) is 6.54 Å². The van der Waals surface area contributed by atoms with Gasteiger partial charge in [0.05, 0.1) is 11.0 Å². The van der Waals surface area contributed by atoms with Crippen molar-refractivity contribution >= 4 is 16.9 Å². The van der Waals surface area contributed by atoms with E-state index in [9.17, 15) is 4.79 Å². The molecule has 24 heavy (non-hydrogen) atoms. The quantitative estimate of drug-likeness (QED) is 0.763. The fraction of sp³-hybridized carbons (Fsp3) is 0.300. The number of fused-ring (bicyclic) bond motifs is 1.